The summed E-state index contributed by atoms with van der Waals surface area (Å²) in [4.78, 5) is 0. The van der Waals surface area contributed by atoms with Gasteiger partial charge in [-0.15, -0.1) is 0 Å². The number of aryl methyl sites for hydroxylation is 2. The van der Waals surface area contributed by atoms with Gasteiger partial charge < -0.3 is 9.84 Å². The van der Waals surface area contributed by atoms with Crippen molar-refractivity contribution in [2.45, 2.75) is 32.3 Å². The number of aliphatic hydroxyl groups excluding tert-OH is 1. The lowest BCUT2D eigenvalue weighted by molar-refractivity contribution is 0.167. The SMILES string of the molecule is CCc1cc(C(O)Cc2cc(Br)cc3c2OCC3)n(C)n1. The van der Waals surface area contributed by atoms with Crippen molar-refractivity contribution in [3.63, 3.8) is 0 Å². The molecule has 1 aromatic carbocycles. The third-order valence-corrected chi connectivity index (χ3v) is 4.37. The van der Waals surface area contributed by atoms with E-state index in [0.717, 1.165) is 46.6 Å². The number of halogens is 1. The number of ether oxygens (including phenoxy) is 1. The lowest BCUT2D eigenvalue weighted by atomic mass is 10.0. The first-order chi connectivity index (χ1) is 10.1. The van der Waals surface area contributed by atoms with Crippen LogP contribution in [0.2, 0.25) is 0 Å². The van der Waals surface area contributed by atoms with Crippen LogP contribution in [0.25, 0.3) is 0 Å². The second kappa shape index (κ2) is 5.81. The Morgan fingerprint density at radius 3 is 2.95 bits per heavy atom. The fraction of sp³-hybridized carbons (Fsp3) is 0.438. The summed E-state index contributed by atoms with van der Waals surface area (Å²) in [7, 11) is 1.87. The highest BCUT2D eigenvalue weighted by atomic mass is 79.9. The molecule has 0 saturated carbocycles. The van der Waals surface area contributed by atoms with Gasteiger partial charge in [0.2, 0.25) is 0 Å². The van der Waals surface area contributed by atoms with E-state index in [0.29, 0.717) is 6.42 Å². The number of rotatable bonds is 4. The molecule has 1 aromatic heterocycles. The zero-order chi connectivity index (χ0) is 15.0. The van der Waals surface area contributed by atoms with Gasteiger partial charge in [-0.3, -0.25) is 4.68 Å². The van der Waals surface area contributed by atoms with E-state index in [1.54, 1.807) is 4.68 Å². The van der Waals surface area contributed by atoms with Gasteiger partial charge >= 0.3 is 0 Å². The van der Waals surface area contributed by atoms with Gasteiger partial charge in [-0.05, 0) is 35.7 Å². The van der Waals surface area contributed by atoms with Gasteiger partial charge in [-0.25, -0.2) is 0 Å². The molecule has 1 unspecified atom stereocenters. The first-order valence-corrected chi connectivity index (χ1v) is 8.02. The van der Waals surface area contributed by atoms with Gasteiger partial charge in [0.05, 0.1) is 24.1 Å². The maximum atomic E-state index is 10.6. The molecule has 0 radical (unpaired) electrons. The Bertz CT molecular complexity index is 667. The molecule has 5 heteroatoms. The van der Waals surface area contributed by atoms with Crippen molar-refractivity contribution < 1.29 is 9.84 Å². The van der Waals surface area contributed by atoms with Crippen LogP contribution in [-0.2, 0) is 26.3 Å². The first kappa shape index (κ1) is 14.6. The molecule has 0 amide bonds. The zero-order valence-electron chi connectivity index (χ0n) is 12.3. The summed E-state index contributed by atoms with van der Waals surface area (Å²) in [5, 5.41) is 15.0. The Morgan fingerprint density at radius 2 is 2.24 bits per heavy atom. The second-order valence-electron chi connectivity index (χ2n) is 5.41. The maximum Gasteiger partial charge on any atom is 0.125 e. The monoisotopic (exact) mass is 350 g/mol. The van der Waals surface area contributed by atoms with E-state index >= 15 is 0 Å². The van der Waals surface area contributed by atoms with Crippen LogP contribution in [0.1, 0.15) is 35.5 Å². The highest BCUT2D eigenvalue weighted by Crippen LogP contribution is 2.35. The zero-order valence-corrected chi connectivity index (χ0v) is 13.9. The maximum absolute atomic E-state index is 10.6. The number of hydrogen-bond acceptors (Lipinski definition) is 3. The highest BCUT2D eigenvalue weighted by molar-refractivity contribution is 9.10. The molecule has 3 rings (SSSR count). The molecule has 0 fully saturated rings. The van der Waals surface area contributed by atoms with Crippen molar-refractivity contribution >= 4 is 15.9 Å². The topological polar surface area (TPSA) is 47.3 Å². The minimum absolute atomic E-state index is 0.532. The predicted molar refractivity (Wildman–Crippen MR) is 84.6 cm³/mol. The molecule has 4 nitrogen and oxygen atoms in total. The quantitative estimate of drug-likeness (QED) is 0.921. The molecule has 1 N–H and O–H groups in total. The minimum atomic E-state index is -0.578. The van der Waals surface area contributed by atoms with Crippen LogP contribution < -0.4 is 4.74 Å². The number of aromatic nitrogens is 2. The molecule has 112 valence electrons. The molecule has 0 saturated heterocycles. The van der Waals surface area contributed by atoms with Gasteiger partial charge in [0.25, 0.3) is 0 Å². The lowest BCUT2D eigenvalue weighted by Gasteiger charge is -2.14. The molecule has 0 aliphatic carbocycles. The number of benzene rings is 1. The van der Waals surface area contributed by atoms with Crippen LogP contribution in [-0.4, -0.2) is 21.5 Å². The van der Waals surface area contributed by atoms with E-state index < -0.39 is 6.10 Å². The fourth-order valence-corrected chi connectivity index (χ4v) is 3.39. The fourth-order valence-electron chi connectivity index (χ4n) is 2.84. The van der Waals surface area contributed by atoms with Crippen molar-refractivity contribution in [2.75, 3.05) is 6.61 Å². The van der Waals surface area contributed by atoms with Gasteiger partial charge in [0, 0.05) is 24.4 Å². The molecular weight excluding hydrogens is 332 g/mol. The van der Waals surface area contributed by atoms with Crippen LogP contribution in [0.4, 0.5) is 0 Å². The summed E-state index contributed by atoms with van der Waals surface area (Å²) in [5.74, 6) is 0.940. The van der Waals surface area contributed by atoms with E-state index in [1.165, 1.54) is 5.56 Å². The Hall–Kier alpha value is -1.33. The highest BCUT2D eigenvalue weighted by Gasteiger charge is 2.21. The smallest absolute Gasteiger partial charge is 0.125 e. The first-order valence-electron chi connectivity index (χ1n) is 7.23. The van der Waals surface area contributed by atoms with E-state index in [4.69, 9.17) is 4.74 Å². The Kier molecular flexibility index (Phi) is 4.04. The molecule has 1 atom stereocenters. The number of nitrogens with zero attached hydrogens (tertiary/aromatic N) is 2. The van der Waals surface area contributed by atoms with Crippen LogP contribution in [0.15, 0.2) is 22.7 Å². The molecule has 1 aliphatic heterocycles. The molecular formula is C16H19BrN2O2. The van der Waals surface area contributed by atoms with Crippen LogP contribution >= 0.6 is 15.9 Å². The van der Waals surface area contributed by atoms with Crippen LogP contribution in [0.5, 0.6) is 5.75 Å². The van der Waals surface area contributed by atoms with Crippen molar-refractivity contribution in [1.82, 2.24) is 9.78 Å². The molecule has 0 bridgehead atoms. The van der Waals surface area contributed by atoms with Crippen LogP contribution in [0.3, 0.4) is 0 Å². The largest absolute Gasteiger partial charge is 0.493 e. The summed E-state index contributed by atoms with van der Waals surface area (Å²) in [6, 6.07) is 6.10. The Labute approximate surface area is 132 Å². The number of aliphatic hydroxyl groups is 1. The summed E-state index contributed by atoms with van der Waals surface area (Å²) >= 11 is 3.54. The van der Waals surface area contributed by atoms with Crippen LogP contribution in [0, 0.1) is 0 Å². The summed E-state index contributed by atoms with van der Waals surface area (Å²) in [6.07, 6.45) is 1.76. The minimum Gasteiger partial charge on any atom is -0.493 e. The summed E-state index contributed by atoms with van der Waals surface area (Å²) in [6.45, 7) is 2.79. The standard InChI is InChI=1S/C16H19BrN2O2/c1-3-13-9-14(19(2)18-13)15(20)8-11-7-12(17)6-10-4-5-21-16(10)11/h6-7,9,15,20H,3-5,8H2,1-2H3. The summed E-state index contributed by atoms with van der Waals surface area (Å²) in [5.41, 5.74) is 4.11. The van der Waals surface area contributed by atoms with Gasteiger partial charge in [0.15, 0.2) is 0 Å². The van der Waals surface area contributed by atoms with Gasteiger partial charge in [-0.1, -0.05) is 22.9 Å². The van der Waals surface area contributed by atoms with E-state index in [1.807, 2.05) is 19.2 Å². The van der Waals surface area contributed by atoms with Crippen molar-refractivity contribution in [1.29, 1.82) is 0 Å². The average Bonchev–Trinajstić information content (AvgIpc) is 3.04. The summed E-state index contributed by atoms with van der Waals surface area (Å²) < 4.78 is 8.53. The Morgan fingerprint density at radius 1 is 1.43 bits per heavy atom. The molecule has 21 heavy (non-hydrogen) atoms. The van der Waals surface area contributed by atoms with Gasteiger partial charge in [0.1, 0.15) is 5.75 Å². The predicted octanol–water partition coefficient (Wildman–Crippen LogP) is 2.96. The van der Waals surface area contributed by atoms with Gasteiger partial charge in [-0.2, -0.15) is 5.10 Å². The normalized spacial score (nSPS) is 14.9. The molecule has 2 heterocycles. The number of fused-ring (bicyclic) bond motifs is 1. The molecule has 1 aliphatic rings. The molecule has 0 spiro atoms. The third kappa shape index (κ3) is 2.85. The Balaban J connectivity index is 1.88. The van der Waals surface area contributed by atoms with E-state index in [2.05, 4.69) is 34.0 Å². The molecule has 2 aromatic rings. The second-order valence-corrected chi connectivity index (χ2v) is 6.32. The van der Waals surface area contributed by atoms with Crippen molar-refractivity contribution in [3.8, 4) is 5.75 Å². The third-order valence-electron chi connectivity index (χ3n) is 3.91. The average molecular weight is 351 g/mol. The van der Waals surface area contributed by atoms with Crippen molar-refractivity contribution in [2.24, 2.45) is 7.05 Å². The number of hydrogen-bond donors (Lipinski definition) is 1. The van der Waals surface area contributed by atoms with Crippen molar-refractivity contribution in [3.05, 3.63) is 45.2 Å². The van der Waals surface area contributed by atoms with E-state index in [-0.39, 0.29) is 0 Å². The lowest BCUT2D eigenvalue weighted by Crippen LogP contribution is -2.08. The van der Waals surface area contributed by atoms with E-state index in [9.17, 15) is 5.11 Å².